The summed E-state index contributed by atoms with van der Waals surface area (Å²) < 4.78 is 65.4. The molecule has 0 radical (unpaired) electrons. The second-order valence-electron chi connectivity index (χ2n) is 7.16. The number of aromatic nitrogens is 5. The molecular formula is C19H17ClF3N5O2S. The maximum Gasteiger partial charge on any atom is 0.389 e. The van der Waals surface area contributed by atoms with Crippen LogP contribution in [0.5, 0.6) is 0 Å². The van der Waals surface area contributed by atoms with Gasteiger partial charge in [0.1, 0.15) is 5.82 Å². The summed E-state index contributed by atoms with van der Waals surface area (Å²) in [6, 6.07) is 6.53. The van der Waals surface area contributed by atoms with Gasteiger partial charge in [0.15, 0.2) is 14.9 Å². The SMILES string of the molecule is CS(=O)(=O)c1nn(Cc2nc3cc(Cl)ccc3n2CCCC(F)(F)F)c2cnccc12. The van der Waals surface area contributed by atoms with Crippen molar-refractivity contribution in [1.29, 1.82) is 0 Å². The topological polar surface area (TPSA) is 82.7 Å². The van der Waals surface area contributed by atoms with Crippen LogP contribution in [0.1, 0.15) is 18.7 Å². The van der Waals surface area contributed by atoms with Crippen molar-refractivity contribution in [3.8, 4) is 0 Å². The van der Waals surface area contributed by atoms with Gasteiger partial charge in [-0.15, -0.1) is 0 Å². The van der Waals surface area contributed by atoms with E-state index < -0.39 is 22.4 Å². The van der Waals surface area contributed by atoms with E-state index in [0.29, 0.717) is 32.8 Å². The molecule has 0 N–H and O–H groups in total. The van der Waals surface area contributed by atoms with E-state index in [4.69, 9.17) is 11.6 Å². The molecule has 3 aromatic heterocycles. The fraction of sp³-hybridized carbons (Fsp3) is 0.316. The minimum atomic E-state index is -4.26. The van der Waals surface area contributed by atoms with Gasteiger partial charge in [-0.05, 0) is 30.7 Å². The molecule has 0 saturated heterocycles. The monoisotopic (exact) mass is 471 g/mol. The van der Waals surface area contributed by atoms with Crippen molar-refractivity contribution in [3.63, 3.8) is 0 Å². The number of sulfone groups is 1. The van der Waals surface area contributed by atoms with E-state index in [0.717, 1.165) is 6.26 Å². The van der Waals surface area contributed by atoms with Gasteiger partial charge in [0.2, 0.25) is 0 Å². The van der Waals surface area contributed by atoms with Crippen molar-refractivity contribution in [1.82, 2.24) is 24.3 Å². The van der Waals surface area contributed by atoms with Gasteiger partial charge in [-0.3, -0.25) is 9.67 Å². The van der Waals surface area contributed by atoms with Crippen molar-refractivity contribution >= 4 is 43.4 Å². The van der Waals surface area contributed by atoms with Crippen molar-refractivity contribution < 1.29 is 21.6 Å². The van der Waals surface area contributed by atoms with E-state index in [1.54, 1.807) is 28.8 Å². The molecule has 0 atom stereocenters. The zero-order chi connectivity index (χ0) is 22.4. The minimum Gasteiger partial charge on any atom is -0.326 e. The summed E-state index contributed by atoms with van der Waals surface area (Å²) in [7, 11) is -3.60. The van der Waals surface area contributed by atoms with Gasteiger partial charge in [-0.25, -0.2) is 13.4 Å². The van der Waals surface area contributed by atoms with Gasteiger partial charge in [-0.1, -0.05) is 11.6 Å². The molecule has 0 saturated carbocycles. The summed E-state index contributed by atoms with van der Waals surface area (Å²) in [4.78, 5) is 8.57. The smallest absolute Gasteiger partial charge is 0.326 e. The van der Waals surface area contributed by atoms with Gasteiger partial charge < -0.3 is 4.57 Å². The molecule has 3 heterocycles. The Morgan fingerprint density at radius 2 is 1.94 bits per heavy atom. The first-order valence-electron chi connectivity index (χ1n) is 9.25. The number of hydrogen-bond donors (Lipinski definition) is 0. The molecule has 12 heteroatoms. The number of hydrogen-bond acceptors (Lipinski definition) is 5. The Kier molecular flexibility index (Phi) is 5.42. The molecular weight excluding hydrogens is 455 g/mol. The average molecular weight is 472 g/mol. The standard InChI is InChI=1S/C19H17ClF3N5O2S/c1-31(29,30)18-13-5-7-24-10-16(13)28(26-18)11-17-25-14-9-12(20)3-4-15(14)27(17)8-2-6-19(21,22)23/h3-5,7,9-10H,2,6,8,11H2,1H3. The normalized spacial score (nSPS) is 12.8. The molecule has 0 fully saturated rings. The lowest BCUT2D eigenvalue weighted by Gasteiger charge is -2.11. The lowest BCUT2D eigenvalue weighted by atomic mass is 10.2. The number of imidazole rings is 1. The number of fused-ring (bicyclic) bond motifs is 2. The van der Waals surface area contributed by atoms with Crippen LogP contribution in [0.4, 0.5) is 13.2 Å². The highest BCUT2D eigenvalue weighted by Crippen LogP contribution is 2.27. The first-order valence-corrected chi connectivity index (χ1v) is 11.5. The zero-order valence-electron chi connectivity index (χ0n) is 16.3. The molecule has 164 valence electrons. The molecule has 0 aliphatic heterocycles. The van der Waals surface area contributed by atoms with Crippen LogP contribution in [0, 0.1) is 0 Å². The number of aryl methyl sites for hydroxylation is 1. The van der Waals surface area contributed by atoms with Crippen LogP contribution < -0.4 is 0 Å². The molecule has 7 nitrogen and oxygen atoms in total. The third kappa shape index (κ3) is 4.52. The van der Waals surface area contributed by atoms with Crippen LogP contribution in [0.3, 0.4) is 0 Å². The summed E-state index contributed by atoms with van der Waals surface area (Å²) in [6.45, 7) is 0.138. The number of halogens is 4. The second kappa shape index (κ2) is 7.79. The van der Waals surface area contributed by atoms with Gasteiger partial charge in [-0.2, -0.15) is 18.3 Å². The van der Waals surface area contributed by atoms with Crippen molar-refractivity contribution in [2.75, 3.05) is 6.26 Å². The molecule has 0 spiro atoms. The summed E-state index contributed by atoms with van der Waals surface area (Å²) in [6.07, 6.45) is -1.28. The van der Waals surface area contributed by atoms with E-state index in [1.807, 2.05) is 0 Å². The van der Waals surface area contributed by atoms with Crippen molar-refractivity contribution in [2.24, 2.45) is 0 Å². The van der Waals surface area contributed by atoms with E-state index in [2.05, 4.69) is 15.1 Å². The number of benzene rings is 1. The van der Waals surface area contributed by atoms with Gasteiger partial charge in [0.25, 0.3) is 0 Å². The number of rotatable bonds is 6. The van der Waals surface area contributed by atoms with Gasteiger partial charge in [0, 0.05) is 35.8 Å². The third-order valence-electron chi connectivity index (χ3n) is 4.79. The van der Waals surface area contributed by atoms with Gasteiger partial charge >= 0.3 is 6.18 Å². The molecule has 0 aliphatic rings. The quantitative estimate of drug-likeness (QED) is 0.420. The van der Waals surface area contributed by atoms with Crippen LogP contribution >= 0.6 is 11.6 Å². The molecule has 0 unspecified atom stereocenters. The minimum absolute atomic E-state index is 0.0516. The molecule has 1 aromatic carbocycles. The molecule has 0 amide bonds. The van der Waals surface area contributed by atoms with Gasteiger partial charge in [0.05, 0.1) is 29.3 Å². The van der Waals surface area contributed by atoms with E-state index >= 15 is 0 Å². The molecule has 0 bridgehead atoms. The van der Waals surface area contributed by atoms with Crippen LogP contribution in [0.2, 0.25) is 5.02 Å². The summed E-state index contributed by atoms with van der Waals surface area (Å²) in [5.74, 6) is 0.438. The van der Waals surface area contributed by atoms with Crippen LogP contribution in [-0.4, -0.2) is 45.2 Å². The summed E-state index contributed by atoms with van der Waals surface area (Å²) in [5.41, 5.74) is 1.65. The largest absolute Gasteiger partial charge is 0.389 e. The Morgan fingerprint density at radius 3 is 2.65 bits per heavy atom. The highest BCUT2D eigenvalue weighted by Gasteiger charge is 2.27. The Balaban J connectivity index is 1.79. The third-order valence-corrected chi connectivity index (χ3v) is 6.03. The molecule has 31 heavy (non-hydrogen) atoms. The Labute approximate surface area is 180 Å². The lowest BCUT2D eigenvalue weighted by molar-refractivity contribution is -0.135. The number of nitrogens with zero attached hydrogens (tertiary/aromatic N) is 5. The first kappa shape index (κ1) is 21.6. The highest BCUT2D eigenvalue weighted by atomic mass is 35.5. The van der Waals surface area contributed by atoms with E-state index in [1.165, 1.54) is 17.1 Å². The molecule has 0 aliphatic carbocycles. The Morgan fingerprint density at radius 1 is 1.16 bits per heavy atom. The maximum absolute atomic E-state index is 12.7. The van der Waals surface area contributed by atoms with Crippen molar-refractivity contribution in [2.45, 2.75) is 37.1 Å². The second-order valence-corrected chi connectivity index (χ2v) is 9.53. The number of pyridine rings is 1. The molecule has 4 rings (SSSR count). The van der Waals surface area contributed by atoms with Crippen LogP contribution in [0.15, 0.2) is 41.7 Å². The van der Waals surface area contributed by atoms with E-state index in [-0.39, 0.29) is 24.5 Å². The predicted molar refractivity (Wildman–Crippen MR) is 110 cm³/mol. The predicted octanol–water partition coefficient (Wildman–Crippen LogP) is 4.23. The van der Waals surface area contributed by atoms with Crippen LogP contribution in [0.25, 0.3) is 21.9 Å². The molecule has 4 aromatic rings. The Bertz CT molecular complexity index is 1380. The Hall–Kier alpha value is -2.66. The van der Waals surface area contributed by atoms with Crippen molar-refractivity contribution in [3.05, 3.63) is 47.5 Å². The average Bonchev–Trinajstić information content (AvgIpc) is 3.19. The number of alkyl halides is 3. The maximum atomic E-state index is 12.7. The summed E-state index contributed by atoms with van der Waals surface area (Å²) >= 11 is 6.05. The zero-order valence-corrected chi connectivity index (χ0v) is 17.8. The lowest BCUT2D eigenvalue weighted by Crippen LogP contribution is -2.13. The first-order chi connectivity index (χ1) is 14.5. The summed E-state index contributed by atoms with van der Waals surface area (Å²) in [5, 5.41) is 5.01. The van der Waals surface area contributed by atoms with E-state index in [9.17, 15) is 21.6 Å². The highest BCUT2D eigenvalue weighted by molar-refractivity contribution is 7.90. The fourth-order valence-electron chi connectivity index (χ4n) is 3.48. The van der Waals surface area contributed by atoms with Crippen LogP contribution in [-0.2, 0) is 22.9 Å². The fourth-order valence-corrected chi connectivity index (χ4v) is 4.46.